The number of amides is 1. The first kappa shape index (κ1) is 20.5. The Bertz CT molecular complexity index is 963. The average molecular weight is 420 g/mol. The van der Waals surface area contributed by atoms with E-state index in [9.17, 15) is 15.0 Å². The van der Waals surface area contributed by atoms with E-state index in [1.807, 2.05) is 54.6 Å². The third-order valence-electron chi connectivity index (χ3n) is 5.68. The highest BCUT2D eigenvalue weighted by atomic mass is 32.2. The average Bonchev–Trinajstić information content (AvgIpc) is 3.09. The number of fused-ring (bicyclic) bond motifs is 3. The molecule has 1 aliphatic rings. The summed E-state index contributed by atoms with van der Waals surface area (Å²) in [5.74, 6) is 0.601. The van der Waals surface area contributed by atoms with Gasteiger partial charge < -0.3 is 15.1 Å². The lowest BCUT2D eigenvalue weighted by molar-refractivity contribution is 0.118. The lowest BCUT2D eigenvalue weighted by Crippen LogP contribution is -2.44. The third-order valence-corrected chi connectivity index (χ3v) is 6.83. The summed E-state index contributed by atoms with van der Waals surface area (Å²) < 4.78 is 0. The molecule has 0 saturated heterocycles. The highest BCUT2D eigenvalue weighted by Gasteiger charge is 2.33. The Hall–Kier alpha value is -2.76. The van der Waals surface area contributed by atoms with Gasteiger partial charge >= 0.3 is 6.09 Å². The van der Waals surface area contributed by atoms with E-state index in [4.69, 9.17) is 0 Å². The molecular formula is C25H25NO3S. The lowest BCUT2D eigenvalue weighted by atomic mass is 9.95. The van der Waals surface area contributed by atoms with E-state index in [1.54, 1.807) is 11.8 Å². The highest BCUT2D eigenvalue weighted by molar-refractivity contribution is 7.99. The van der Waals surface area contributed by atoms with Gasteiger partial charge in [-0.25, -0.2) is 4.79 Å². The maximum Gasteiger partial charge on any atom is 0.407 e. The highest BCUT2D eigenvalue weighted by Crippen LogP contribution is 2.45. The van der Waals surface area contributed by atoms with E-state index in [0.29, 0.717) is 18.7 Å². The topological polar surface area (TPSA) is 60.8 Å². The number of carbonyl (C=O) groups is 1. The van der Waals surface area contributed by atoms with Crippen molar-refractivity contribution in [2.75, 3.05) is 18.9 Å². The van der Waals surface area contributed by atoms with Crippen LogP contribution in [0.25, 0.3) is 11.1 Å². The van der Waals surface area contributed by atoms with Crippen molar-refractivity contribution in [1.29, 1.82) is 0 Å². The Morgan fingerprint density at radius 3 is 2.03 bits per heavy atom. The number of benzene rings is 3. The zero-order chi connectivity index (χ0) is 20.9. The molecule has 1 amide bonds. The SMILES string of the molecule is O=C(O)N(CC1c2ccccc2-c2ccccc21)[C@H](CCO)CSc1ccccc1. The molecule has 4 rings (SSSR count). The van der Waals surface area contributed by atoms with Crippen molar-refractivity contribution in [2.45, 2.75) is 23.3 Å². The molecule has 1 aliphatic carbocycles. The summed E-state index contributed by atoms with van der Waals surface area (Å²) in [5, 5.41) is 19.7. The van der Waals surface area contributed by atoms with Crippen LogP contribution in [0.4, 0.5) is 4.79 Å². The van der Waals surface area contributed by atoms with Crippen molar-refractivity contribution < 1.29 is 15.0 Å². The zero-order valence-corrected chi connectivity index (χ0v) is 17.5. The van der Waals surface area contributed by atoms with Crippen LogP contribution in [0.15, 0.2) is 83.8 Å². The van der Waals surface area contributed by atoms with Crippen molar-refractivity contribution in [2.24, 2.45) is 0 Å². The Balaban J connectivity index is 1.60. The Kier molecular flexibility index (Phi) is 6.41. The molecule has 1 atom stereocenters. The molecular weight excluding hydrogens is 394 g/mol. The molecule has 0 saturated carbocycles. The van der Waals surface area contributed by atoms with Crippen molar-refractivity contribution in [3.05, 3.63) is 90.0 Å². The molecule has 0 radical (unpaired) electrons. The summed E-state index contributed by atoms with van der Waals surface area (Å²) in [6.07, 6.45) is -0.522. The van der Waals surface area contributed by atoms with E-state index in [1.165, 1.54) is 27.2 Å². The number of aliphatic hydroxyl groups excluding tert-OH is 1. The number of hydrogen-bond donors (Lipinski definition) is 2. The molecule has 0 aromatic heterocycles. The second kappa shape index (κ2) is 9.37. The van der Waals surface area contributed by atoms with Crippen LogP contribution in [-0.2, 0) is 0 Å². The Labute approximate surface area is 181 Å². The number of nitrogens with zero attached hydrogens (tertiary/aromatic N) is 1. The van der Waals surface area contributed by atoms with E-state index in [0.717, 1.165) is 4.90 Å². The monoisotopic (exact) mass is 419 g/mol. The van der Waals surface area contributed by atoms with Crippen molar-refractivity contribution in [3.63, 3.8) is 0 Å². The second-order valence-electron chi connectivity index (χ2n) is 7.45. The minimum Gasteiger partial charge on any atom is -0.465 e. The van der Waals surface area contributed by atoms with Crippen LogP contribution in [0.1, 0.15) is 23.5 Å². The third kappa shape index (κ3) is 4.23. The van der Waals surface area contributed by atoms with Crippen LogP contribution in [0.2, 0.25) is 0 Å². The minimum atomic E-state index is -0.941. The normalized spacial score (nSPS) is 13.5. The molecule has 4 nitrogen and oxygen atoms in total. The first-order chi connectivity index (χ1) is 14.7. The molecule has 0 aliphatic heterocycles. The first-order valence-electron chi connectivity index (χ1n) is 10.2. The molecule has 2 N–H and O–H groups in total. The predicted octanol–water partition coefficient (Wildman–Crippen LogP) is 5.32. The minimum absolute atomic E-state index is 0.00332. The molecule has 0 bridgehead atoms. The summed E-state index contributed by atoms with van der Waals surface area (Å²) in [6.45, 7) is 0.338. The summed E-state index contributed by atoms with van der Waals surface area (Å²) in [7, 11) is 0. The van der Waals surface area contributed by atoms with Gasteiger partial charge in [-0.2, -0.15) is 0 Å². The van der Waals surface area contributed by atoms with Crippen LogP contribution in [-0.4, -0.2) is 46.2 Å². The molecule has 154 valence electrons. The molecule has 3 aromatic rings. The fourth-order valence-electron chi connectivity index (χ4n) is 4.22. The number of rotatable bonds is 8. The predicted molar refractivity (Wildman–Crippen MR) is 121 cm³/mol. The van der Waals surface area contributed by atoms with Crippen molar-refractivity contribution in [3.8, 4) is 11.1 Å². The number of aliphatic hydroxyl groups is 1. The fraction of sp³-hybridized carbons (Fsp3) is 0.240. The Morgan fingerprint density at radius 2 is 1.47 bits per heavy atom. The largest absolute Gasteiger partial charge is 0.465 e. The smallest absolute Gasteiger partial charge is 0.407 e. The molecule has 0 fully saturated rings. The lowest BCUT2D eigenvalue weighted by Gasteiger charge is -2.31. The van der Waals surface area contributed by atoms with Gasteiger partial charge in [0.1, 0.15) is 0 Å². The van der Waals surface area contributed by atoms with Gasteiger partial charge in [-0.1, -0.05) is 66.7 Å². The molecule has 0 unspecified atom stereocenters. The van der Waals surface area contributed by atoms with E-state index in [2.05, 4.69) is 24.3 Å². The van der Waals surface area contributed by atoms with Gasteiger partial charge in [-0.05, 0) is 40.8 Å². The Morgan fingerprint density at radius 1 is 0.900 bits per heavy atom. The fourth-order valence-corrected chi connectivity index (χ4v) is 5.30. The van der Waals surface area contributed by atoms with Gasteiger partial charge in [-0.15, -0.1) is 11.8 Å². The van der Waals surface area contributed by atoms with Crippen LogP contribution < -0.4 is 0 Å². The van der Waals surface area contributed by atoms with E-state index >= 15 is 0 Å². The van der Waals surface area contributed by atoms with Gasteiger partial charge in [0, 0.05) is 35.8 Å². The molecule has 3 aromatic carbocycles. The number of carboxylic acid groups (broad SMARTS) is 1. The summed E-state index contributed by atoms with van der Waals surface area (Å²) in [4.78, 5) is 14.9. The molecule has 0 spiro atoms. The molecule has 30 heavy (non-hydrogen) atoms. The molecule has 5 heteroatoms. The first-order valence-corrected chi connectivity index (χ1v) is 11.1. The van der Waals surface area contributed by atoms with Gasteiger partial charge in [-0.3, -0.25) is 0 Å². The summed E-state index contributed by atoms with van der Waals surface area (Å²) in [5.41, 5.74) is 4.70. The van der Waals surface area contributed by atoms with Crippen molar-refractivity contribution >= 4 is 17.9 Å². The van der Waals surface area contributed by atoms with E-state index in [-0.39, 0.29) is 18.6 Å². The summed E-state index contributed by atoms with van der Waals surface area (Å²) >= 11 is 1.63. The van der Waals surface area contributed by atoms with Gasteiger partial charge in [0.25, 0.3) is 0 Å². The van der Waals surface area contributed by atoms with Crippen LogP contribution in [0.3, 0.4) is 0 Å². The van der Waals surface area contributed by atoms with Gasteiger partial charge in [0.05, 0.1) is 0 Å². The van der Waals surface area contributed by atoms with Crippen LogP contribution in [0.5, 0.6) is 0 Å². The van der Waals surface area contributed by atoms with Crippen LogP contribution in [0, 0.1) is 0 Å². The second-order valence-corrected chi connectivity index (χ2v) is 8.55. The van der Waals surface area contributed by atoms with Gasteiger partial charge in [0.2, 0.25) is 0 Å². The van der Waals surface area contributed by atoms with E-state index < -0.39 is 6.09 Å². The number of thioether (sulfide) groups is 1. The maximum atomic E-state index is 12.3. The van der Waals surface area contributed by atoms with Crippen molar-refractivity contribution in [1.82, 2.24) is 4.90 Å². The standard InChI is InChI=1S/C25H25NO3S/c27-15-14-18(17-30-19-8-2-1-3-9-19)26(25(28)29)16-24-22-12-6-4-10-20(22)21-11-5-7-13-23(21)24/h1-13,18,24,27H,14-17H2,(H,28,29)/t18-/m1/s1. The van der Waals surface area contributed by atoms with Crippen LogP contribution >= 0.6 is 11.8 Å². The summed E-state index contributed by atoms with van der Waals surface area (Å²) in [6, 6.07) is 26.2. The molecule has 0 heterocycles. The number of hydrogen-bond acceptors (Lipinski definition) is 3. The van der Waals surface area contributed by atoms with Gasteiger partial charge in [0.15, 0.2) is 0 Å². The quantitative estimate of drug-likeness (QED) is 0.485. The zero-order valence-electron chi connectivity index (χ0n) is 16.6. The maximum absolute atomic E-state index is 12.3.